The van der Waals surface area contributed by atoms with Crippen molar-refractivity contribution in [2.45, 2.75) is 13.8 Å². The number of thiophene rings is 1. The van der Waals surface area contributed by atoms with E-state index in [1.807, 2.05) is 19.2 Å². The van der Waals surface area contributed by atoms with E-state index in [0.717, 1.165) is 5.56 Å². The lowest BCUT2D eigenvalue weighted by Gasteiger charge is -1.88. The molecule has 0 aliphatic carbocycles. The summed E-state index contributed by atoms with van der Waals surface area (Å²) in [5, 5.41) is 7.81. The highest BCUT2D eigenvalue weighted by atomic mass is 32.1. The third kappa shape index (κ3) is 1.14. The maximum atomic E-state index is 5.04. The topological polar surface area (TPSA) is 38.9 Å². The van der Waals surface area contributed by atoms with Crippen molar-refractivity contribution >= 4 is 11.3 Å². The van der Waals surface area contributed by atoms with Crippen molar-refractivity contribution < 1.29 is 4.52 Å². The van der Waals surface area contributed by atoms with E-state index in [2.05, 4.69) is 15.5 Å². The van der Waals surface area contributed by atoms with E-state index in [9.17, 15) is 0 Å². The maximum Gasteiger partial charge on any atom is 0.259 e. The summed E-state index contributed by atoms with van der Waals surface area (Å²) in [6.45, 7) is 3.85. The average molecular weight is 180 g/mol. The van der Waals surface area contributed by atoms with E-state index >= 15 is 0 Å². The van der Waals surface area contributed by atoms with Gasteiger partial charge in [0.15, 0.2) is 5.82 Å². The second kappa shape index (κ2) is 2.71. The minimum atomic E-state index is 0.617. The predicted molar refractivity (Wildman–Crippen MR) is 47.1 cm³/mol. The largest absolute Gasteiger partial charge is 0.334 e. The first-order valence-electron chi connectivity index (χ1n) is 3.61. The van der Waals surface area contributed by atoms with Gasteiger partial charge in [-0.2, -0.15) is 16.3 Å². The van der Waals surface area contributed by atoms with Gasteiger partial charge in [0.2, 0.25) is 0 Å². The van der Waals surface area contributed by atoms with Gasteiger partial charge in [-0.15, -0.1) is 0 Å². The minimum Gasteiger partial charge on any atom is -0.334 e. The van der Waals surface area contributed by atoms with Gasteiger partial charge in [0.1, 0.15) is 0 Å². The van der Waals surface area contributed by atoms with Crippen LogP contribution in [0.5, 0.6) is 0 Å². The highest BCUT2D eigenvalue weighted by Gasteiger charge is 2.08. The number of rotatable bonds is 1. The first kappa shape index (κ1) is 7.49. The summed E-state index contributed by atoms with van der Waals surface area (Å²) >= 11 is 1.64. The second-order valence-corrected chi connectivity index (χ2v) is 3.36. The van der Waals surface area contributed by atoms with Crippen LogP contribution in [0, 0.1) is 13.8 Å². The molecule has 0 aliphatic rings. The molecule has 0 amide bonds. The van der Waals surface area contributed by atoms with Gasteiger partial charge in [-0.25, -0.2) is 0 Å². The zero-order valence-electron chi connectivity index (χ0n) is 6.87. The molecule has 0 atom stereocenters. The van der Waals surface area contributed by atoms with Gasteiger partial charge in [0.05, 0.1) is 5.56 Å². The molecule has 0 N–H and O–H groups in total. The molecular formula is C8H8N2OS. The van der Waals surface area contributed by atoms with Crippen LogP contribution in [0.15, 0.2) is 15.3 Å². The van der Waals surface area contributed by atoms with Crippen LogP contribution in [0.2, 0.25) is 0 Å². The van der Waals surface area contributed by atoms with Crippen LogP contribution in [0.25, 0.3) is 11.5 Å². The van der Waals surface area contributed by atoms with E-state index in [0.29, 0.717) is 11.7 Å². The third-order valence-electron chi connectivity index (χ3n) is 1.61. The first-order valence-corrected chi connectivity index (χ1v) is 4.55. The molecule has 0 aliphatic heterocycles. The van der Waals surface area contributed by atoms with Crippen LogP contribution < -0.4 is 0 Å². The monoisotopic (exact) mass is 180 g/mol. The quantitative estimate of drug-likeness (QED) is 0.676. The Morgan fingerprint density at radius 1 is 1.33 bits per heavy atom. The van der Waals surface area contributed by atoms with E-state index in [-0.39, 0.29) is 0 Å². The normalized spacial score (nSPS) is 10.5. The average Bonchev–Trinajstić information content (AvgIpc) is 2.58. The number of hydrogen-bond acceptors (Lipinski definition) is 4. The summed E-state index contributed by atoms with van der Waals surface area (Å²) in [7, 11) is 0. The fraction of sp³-hybridized carbons (Fsp3) is 0.250. The molecule has 0 bridgehead atoms. The zero-order chi connectivity index (χ0) is 8.55. The standard InChI is InChI=1S/C8H8N2OS/c1-5-3-12-4-7(5)8-9-6(2)10-11-8/h3-4H,1-2H3. The van der Waals surface area contributed by atoms with Crippen LogP contribution in [-0.2, 0) is 0 Å². The summed E-state index contributed by atoms with van der Waals surface area (Å²) in [5.74, 6) is 1.29. The van der Waals surface area contributed by atoms with Crippen molar-refractivity contribution in [2.75, 3.05) is 0 Å². The Labute approximate surface area is 74.0 Å². The highest BCUT2D eigenvalue weighted by molar-refractivity contribution is 7.08. The van der Waals surface area contributed by atoms with Crippen molar-refractivity contribution in [1.82, 2.24) is 10.1 Å². The molecule has 2 aromatic heterocycles. The lowest BCUT2D eigenvalue weighted by Crippen LogP contribution is -1.76. The van der Waals surface area contributed by atoms with Crippen molar-refractivity contribution in [3.8, 4) is 11.5 Å². The molecule has 3 nitrogen and oxygen atoms in total. The first-order chi connectivity index (χ1) is 5.77. The summed E-state index contributed by atoms with van der Waals surface area (Å²) in [5.41, 5.74) is 2.23. The Bertz CT molecular complexity index is 391. The van der Waals surface area contributed by atoms with E-state index in [1.165, 1.54) is 5.56 Å². The van der Waals surface area contributed by atoms with Crippen LogP contribution in [0.1, 0.15) is 11.4 Å². The van der Waals surface area contributed by atoms with Gasteiger partial charge < -0.3 is 4.52 Å². The van der Waals surface area contributed by atoms with Crippen molar-refractivity contribution in [3.05, 3.63) is 22.1 Å². The lowest BCUT2D eigenvalue weighted by atomic mass is 10.2. The van der Waals surface area contributed by atoms with Gasteiger partial charge in [-0.1, -0.05) is 5.16 Å². The van der Waals surface area contributed by atoms with Gasteiger partial charge in [-0.3, -0.25) is 0 Å². The van der Waals surface area contributed by atoms with Gasteiger partial charge in [0.25, 0.3) is 5.89 Å². The number of aryl methyl sites for hydroxylation is 2. The molecule has 0 radical (unpaired) electrons. The zero-order valence-corrected chi connectivity index (χ0v) is 7.68. The molecule has 2 aromatic rings. The maximum absolute atomic E-state index is 5.04. The highest BCUT2D eigenvalue weighted by Crippen LogP contribution is 2.24. The minimum absolute atomic E-state index is 0.617. The smallest absolute Gasteiger partial charge is 0.259 e. The molecule has 4 heteroatoms. The SMILES string of the molecule is Cc1noc(-c2cscc2C)n1. The summed E-state index contributed by atoms with van der Waals surface area (Å²) < 4.78 is 5.04. The fourth-order valence-electron chi connectivity index (χ4n) is 0.986. The molecule has 0 saturated heterocycles. The van der Waals surface area contributed by atoms with Crippen LogP contribution in [0.3, 0.4) is 0 Å². The summed E-state index contributed by atoms with van der Waals surface area (Å²) in [6, 6.07) is 0. The molecular weight excluding hydrogens is 172 g/mol. The van der Waals surface area contributed by atoms with E-state index in [1.54, 1.807) is 11.3 Å². The van der Waals surface area contributed by atoms with Gasteiger partial charge in [0, 0.05) is 5.38 Å². The lowest BCUT2D eigenvalue weighted by molar-refractivity contribution is 0.425. The van der Waals surface area contributed by atoms with Crippen molar-refractivity contribution in [2.24, 2.45) is 0 Å². The van der Waals surface area contributed by atoms with E-state index < -0.39 is 0 Å². The Kier molecular flexibility index (Phi) is 1.69. The summed E-state index contributed by atoms with van der Waals surface area (Å²) in [6.07, 6.45) is 0. The predicted octanol–water partition coefficient (Wildman–Crippen LogP) is 2.41. The molecule has 62 valence electrons. The summed E-state index contributed by atoms with van der Waals surface area (Å²) in [4.78, 5) is 4.14. The van der Waals surface area contributed by atoms with Gasteiger partial charge >= 0.3 is 0 Å². The molecule has 0 saturated carbocycles. The molecule has 0 spiro atoms. The second-order valence-electron chi connectivity index (χ2n) is 2.62. The number of hydrogen-bond donors (Lipinski definition) is 0. The molecule has 0 unspecified atom stereocenters. The Balaban J connectivity index is 2.50. The number of nitrogens with zero attached hydrogens (tertiary/aromatic N) is 2. The van der Waals surface area contributed by atoms with E-state index in [4.69, 9.17) is 4.52 Å². The molecule has 2 rings (SSSR count). The Hall–Kier alpha value is -1.16. The van der Waals surface area contributed by atoms with Crippen LogP contribution >= 0.6 is 11.3 Å². The molecule has 0 aromatic carbocycles. The molecule has 12 heavy (non-hydrogen) atoms. The van der Waals surface area contributed by atoms with Gasteiger partial charge in [-0.05, 0) is 24.8 Å². The Morgan fingerprint density at radius 2 is 2.17 bits per heavy atom. The molecule has 0 fully saturated rings. The fourth-order valence-corrected chi connectivity index (χ4v) is 1.81. The van der Waals surface area contributed by atoms with Crippen LogP contribution in [-0.4, -0.2) is 10.1 Å². The van der Waals surface area contributed by atoms with Crippen LogP contribution in [0.4, 0.5) is 0 Å². The molecule has 2 heterocycles. The van der Waals surface area contributed by atoms with Crippen molar-refractivity contribution in [3.63, 3.8) is 0 Å². The third-order valence-corrected chi connectivity index (χ3v) is 2.47. The Morgan fingerprint density at radius 3 is 2.67 bits per heavy atom. The number of aromatic nitrogens is 2. The van der Waals surface area contributed by atoms with Crippen molar-refractivity contribution in [1.29, 1.82) is 0 Å².